The summed E-state index contributed by atoms with van der Waals surface area (Å²) in [4.78, 5) is 26.5. The Bertz CT molecular complexity index is 959. The van der Waals surface area contributed by atoms with Gasteiger partial charge in [-0.15, -0.1) is 0 Å². The van der Waals surface area contributed by atoms with Gasteiger partial charge in [-0.3, -0.25) is 4.90 Å². The van der Waals surface area contributed by atoms with E-state index in [1.54, 1.807) is 31.2 Å². The summed E-state index contributed by atoms with van der Waals surface area (Å²) < 4.78 is 29.6. The number of nitrogens with zero attached hydrogens (tertiary/aromatic N) is 1. The number of hydrogen-bond acceptors (Lipinski definition) is 5. The monoisotopic (exact) mass is 429 g/mol. The molecule has 0 saturated heterocycles. The van der Waals surface area contributed by atoms with Crippen molar-refractivity contribution in [3.8, 4) is 5.75 Å². The highest BCUT2D eigenvalue weighted by atomic mass is 19.1. The lowest BCUT2D eigenvalue weighted by molar-refractivity contribution is -0.147. The zero-order valence-electron chi connectivity index (χ0n) is 18.3. The molecule has 0 aromatic heterocycles. The number of halogens is 1. The molecule has 1 aliphatic rings. The van der Waals surface area contributed by atoms with Gasteiger partial charge in [0.05, 0.1) is 13.7 Å². The average molecular weight is 429 g/mol. The summed E-state index contributed by atoms with van der Waals surface area (Å²) in [5, 5.41) is 0. The highest BCUT2D eigenvalue weighted by Crippen LogP contribution is 2.34. The van der Waals surface area contributed by atoms with Crippen molar-refractivity contribution >= 4 is 12.1 Å². The van der Waals surface area contributed by atoms with Gasteiger partial charge in [0.2, 0.25) is 0 Å². The van der Waals surface area contributed by atoms with Crippen LogP contribution in [0.5, 0.6) is 5.75 Å². The van der Waals surface area contributed by atoms with E-state index in [0.29, 0.717) is 36.4 Å². The van der Waals surface area contributed by atoms with Gasteiger partial charge in [-0.05, 0) is 65.8 Å². The van der Waals surface area contributed by atoms with E-state index in [1.165, 1.54) is 18.1 Å². The minimum absolute atomic E-state index is 0.196. The lowest BCUT2D eigenvalue weighted by Gasteiger charge is -2.35. The first kappa shape index (κ1) is 22.6. The van der Waals surface area contributed by atoms with Crippen LogP contribution >= 0.6 is 0 Å². The molecule has 0 aliphatic carbocycles. The van der Waals surface area contributed by atoms with Crippen molar-refractivity contribution in [2.45, 2.75) is 39.8 Å². The first-order valence-corrected chi connectivity index (χ1v) is 10.3. The molecule has 0 spiro atoms. The van der Waals surface area contributed by atoms with E-state index in [4.69, 9.17) is 14.2 Å². The van der Waals surface area contributed by atoms with Crippen molar-refractivity contribution in [3.05, 3.63) is 64.5 Å². The Morgan fingerprint density at radius 3 is 2.65 bits per heavy atom. The molecule has 1 heterocycles. The van der Waals surface area contributed by atoms with Crippen molar-refractivity contribution in [2.75, 3.05) is 20.3 Å². The SMILES string of the molecule is COC(=O)C1c2ccc(OCc3ccc(F)c(C)c3)cc2CCN1C(=O)OCC(C)C. The number of carbonyl (C=O) groups excluding carboxylic acids is 2. The van der Waals surface area contributed by atoms with Crippen LogP contribution < -0.4 is 4.74 Å². The van der Waals surface area contributed by atoms with Gasteiger partial charge < -0.3 is 14.2 Å². The number of benzene rings is 2. The number of methoxy groups -OCH3 is 1. The molecule has 0 fully saturated rings. The molecule has 0 radical (unpaired) electrons. The molecule has 3 rings (SSSR count). The molecule has 2 aromatic rings. The second kappa shape index (κ2) is 9.81. The van der Waals surface area contributed by atoms with Gasteiger partial charge in [0.15, 0.2) is 6.04 Å². The minimum atomic E-state index is -0.859. The highest BCUT2D eigenvalue weighted by Gasteiger charge is 2.37. The molecule has 1 unspecified atom stereocenters. The Balaban J connectivity index is 1.77. The summed E-state index contributed by atoms with van der Waals surface area (Å²) in [6.45, 7) is 6.53. The maximum atomic E-state index is 13.4. The number of fused-ring (bicyclic) bond motifs is 1. The van der Waals surface area contributed by atoms with Gasteiger partial charge >= 0.3 is 12.1 Å². The molecule has 2 aromatic carbocycles. The van der Waals surface area contributed by atoms with Crippen molar-refractivity contribution < 1.29 is 28.2 Å². The standard InChI is InChI=1S/C24H28FNO5/c1-15(2)13-31-24(28)26-10-9-18-12-19(6-7-20(18)22(26)23(27)29-4)30-14-17-5-8-21(25)16(3)11-17/h5-8,11-12,15,22H,9-10,13-14H2,1-4H3. The van der Waals surface area contributed by atoms with Gasteiger partial charge in [0, 0.05) is 6.54 Å². The molecule has 0 N–H and O–H groups in total. The number of amides is 1. The van der Waals surface area contributed by atoms with Crippen molar-refractivity contribution in [1.82, 2.24) is 4.90 Å². The van der Waals surface area contributed by atoms with Crippen molar-refractivity contribution in [3.63, 3.8) is 0 Å². The van der Waals surface area contributed by atoms with E-state index in [2.05, 4.69) is 0 Å². The Morgan fingerprint density at radius 2 is 1.97 bits per heavy atom. The average Bonchev–Trinajstić information content (AvgIpc) is 2.76. The van der Waals surface area contributed by atoms with Crippen molar-refractivity contribution in [2.24, 2.45) is 5.92 Å². The fourth-order valence-electron chi connectivity index (χ4n) is 3.54. The Kier molecular flexibility index (Phi) is 7.15. The third-order valence-corrected chi connectivity index (χ3v) is 5.17. The summed E-state index contributed by atoms with van der Waals surface area (Å²) in [5.74, 6) is 0.0724. The molecule has 0 saturated carbocycles. The van der Waals surface area contributed by atoms with Gasteiger partial charge in [-0.25, -0.2) is 14.0 Å². The van der Waals surface area contributed by atoms with E-state index in [9.17, 15) is 14.0 Å². The third-order valence-electron chi connectivity index (χ3n) is 5.17. The highest BCUT2D eigenvalue weighted by molar-refractivity contribution is 5.84. The summed E-state index contributed by atoms with van der Waals surface area (Å²) in [6.07, 6.45) is 0.0358. The van der Waals surface area contributed by atoms with Gasteiger partial charge in [0.25, 0.3) is 0 Å². The molecule has 1 amide bonds. The van der Waals surface area contributed by atoms with E-state index in [0.717, 1.165) is 11.1 Å². The van der Waals surface area contributed by atoms with Crippen LogP contribution in [-0.2, 0) is 27.3 Å². The van der Waals surface area contributed by atoms with E-state index in [-0.39, 0.29) is 18.3 Å². The summed E-state index contributed by atoms with van der Waals surface area (Å²) in [5.41, 5.74) is 3.04. The number of carbonyl (C=O) groups is 2. The molecule has 31 heavy (non-hydrogen) atoms. The van der Waals surface area contributed by atoms with Gasteiger partial charge in [-0.1, -0.05) is 26.0 Å². The van der Waals surface area contributed by atoms with Gasteiger partial charge in [0.1, 0.15) is 18.2 Å². The van der Waals surface area contributed by atoms with Crippen LogP contribution in [0.1, 0.15) is 42.1 Å². The Hall–Kier alpha value is -3.09. The predicted molar refractivity (Wildman–Crippen MR) is 113 cm³/mol. The zero-order valence-corrected chi connectivity index (χ0v) is 18.3. The van der Waals surface area contributed by atoms with Crippen LogP contribution in [0.4, 0.5) is 9.18 Å². The molecular weight excluding hydrogens is 401 g/mol. The maximum absolute atomic E-state index is 13.4. The van der Waals surface area contributed by atoms with Crippen LogP contribution in [-0.4, -0.2) is 37.2 Å². The van der Waals surface area contributed by atoms with E-state index < -0.39 is 18.1 Å². The molecule has 1 atom stereocenters. The number of hydrogen-bond donors (Lipinski definition) is 0. The van der Waals surface area contributed by atoms with Crippen LogP contribution in [0.25, 0.3) is 0 Å². The molecule has 1 aliphatic heterocycles. The fraction of sp³-hybridized carbons (Fsp3) is 0.417. The second-order valence-corrected chi connectivity index (χ2v) is 8.07. The van der Waals surface area contributed by atoms with Crippen LogP contribution in [0.3, 0.4) is 0 Å². The van der Waals surface area contributed by atoms with Crippen molar-refractivity contribution in [1.29, 1.82) is 0 Å². The number of ether oxygens (including phenoxy) is 3. The van der Waals surface area contributed by atoms with Crippen LogP contribution in [0.15, 0.2) is 36.4 Å². The molecule has 166 valence electrons. The van der Waals surface area contributed by atoms with Gasteiger partial charge in [-0.2, -0.15) is 0 Å². The molecular formula is C24H28FNO5. The molecule has 7 heteroatoms. The smallest absolute Gasteiger partial charge is 0.410 e. The predicted octanol–water partition coefficient (Wildman–Crippen LogP) is 4.58. The lowest BCUT2D eigenvalue weighted by Crippen LogP contribution is -2.44. The Morgan fingerprint density at radius 1 is 1.19 bits per heavy atom. The Labute approximate surface area is 181 Å². The number of esters is 1. The fourth-order valence-corrected chi connectivity index (χ4v) is 3.54. The second-order valence-electron chi connectivity index (χ2n) is 8.07. The summed E-state index contributed by atoms with van der Waals surface area (Å²) in [6, 6.07) is 9.42. The summed E-state index contributed by atoms with van der Waals surface area (Å²) >= 11 is 0. The molecule has 0 bridgehead atoms. The topological polar surface area (TPSA) is 65.1 Å². The largest absolute Gasteiger partial charge is 0.489 e. The normalized spacial score (nSPS) is 15.4. The zero-order chi connectivity index (χ0) is 22.5. The number of aryl methyl sites for hydroxylation is 1. The van der Waals surface area contributed by atoms with Crippen LogP contribution in [0, 0.1) is 18.7 Å². The van der Waals surface area contributed by atoms with Crippen LogP contribution in [0.2, 0.25) is 0 Å². The van der Waals surface area contributed by atoms with E-state index >= 15 is 0 Å². The van der Waals surface area contributed by atoms with E-state index in [1.807, 2.05) is 19.9 Å². The molecule has 6 nitrogen and oxygen atoms in total. The third kappa shape index (κ3) is 5.34. The first-order valence-electron chi connectivity index (χ1n) is 10.3. The minimum Gasteiger partial charge on any atom is -0.489 e. The first-order chi connectivity index (χ1) is 14.8. The summed E-state index contributed by atoms with van der Waals surface area (Å²) in [7, 11) is 1.30. The quantitative estimate of drug-likeness (QED) is 0.629. The lowest BCUT2D eigenvalue weighted by atomic mass is 9.92. The maximum Gasteiger partial charge on any atom is 0.410 e. The number of rotatable bonds is 6.